The Hall–Kier alpha value is -2.18. The molecule has 3 rings (SSSR count). The fourth-order valence-electron chi connectivity index (χ4n) is 3.49. The number of alkyl halides is 2. The van der Waals surface area contributed by atoms with E-state index in [2.05, 4.69) is 4.74 Å². The summed E-state index contributed by atoms with van der Waals surface area (Å²) in [7, 11) is 0. The van der Waals surface area contributed by atoms with E-state index < -0.39 is 6.61 Å². The van der Waals surface area contributed by atoms with Crippen molar-refractivity contribution < 1.29 is 23.1 Å². The molecule has 0 aromatic heterocycles. The van der Waals surface area contributed by atoms with Crippen LogP contribution in [0.2, 0.25) is 0 Å². The summed E-state index contributed by atoms with van der Waals surface area (Å²) in [6.07, 6.45) is 3.50. The Bertz CT molecular complexity index is 607. The number of hydrogen-bond acceptors (Lipinski definition) is 3. The predicted molar refractivity (Wildman–Crippen MR) is 87.5 cm³/mol. The van der Waals surface area contributed by atoms with Gasteiger partial charge in [-0.05, 0) is 49.9 Å². The Morgan fingerprint density at radius 2 is 1.56 bits per heavy atom. The molecular formula is C18H22F2N2O3. The average molecular weight is 352 g/mol. The van der Waals surface area contributed by atoms with Crippen molar-refractivity contribution in [1.29, 1.82) is 0 Å². The number of hydrogen-bond donors (Lipinski definition) is 0. The Labute approximate surface area is 145 Å². The number of nitrogens with zero attached hydrogens (tertiary/aromatic N) is 2. The highest BCUT2D eigenvalue weighted by atomic mass is 19.3. The summed E-state index contributed by atoms with van der Waals surface area (Å²) in [5, 5.41) is 0. The molecule has 7 heteroatoms. The fourth-order valence-corrected chi connectivity index (χ4v) is 3.49. The van der Waals surface area contributed by atoms with Crippen molar-refractivity contribution in [1.82, 2.24) is 9.80 Å². The molecule has 1 aromatic rings. The van der Waals surface area contributed by atoms with Crippen LogP contribution in [0.4, 0.5) is 8.78 Å². The van der Waals surface area contributed by atoms with E-state index in [0.29, 0.717) is 31.5 Å². The van der Waals surface area contributed by atoms with Gasteiger partial charge in [0.25, 0.3) is 5.91 Å². The molecule has 1 aromatic carbocycles. The van der Waals surface area contributed by atoms with Crippen molar-refractivity contribution in [2.45, 2.75) is 32.3 Å². The van der Waals surface area contributed by atoms with Gasteiger partial charge in [-0.25, -0.2) is 0 Å². The van der Waals surface area contributed by atoms with Gasteiger partial charge < -0.3 is 14.5 Å². The minimum absolute atomic E-state index is 0.00367. The summed E-state index contributed by atoms with van der Waals surface area (Å²) in [5.74, 6) is 0.110. The van der Waals surface area contributed by atoms with Gasteiger partial charge >= 0.3 is 6.61 Å². The highest BCUT2D eigenvalue weighted by molar-refractivity contribution is 5.94. The van der Waals surface area contributed by atoms with Crippen molar-refractivity contribution in [2.75, 3.05) is 26.2 Å². The van der Waals surface area contributed by atoms with Crippen LogP contribution >= 0.6 is 0 Å². The third kappa shape index (κ3) is 4.27. The smallest absolute Gasteiger partial charge is 0.387 e. The molecule has 136 valence electrons. The molecule has 0 aliphatic carbocycles. The number of likely N-dealkylation sites (tertiary alicyclic amines) is 2. The summed E-state index contributed by atoms with van der Waals surface area (Å²) in [6.45, 7) is -0.0963. The lowest BCUT2D eigenvalue weighted by atomic mass is 9.95. The molecule has 0 N–H and O–H groups in total. The summed E-state index contributed by atoms with van der Waals surface area (Å²) in [5.41, 5.74) is 0.436. The maximum absolute atomic E-state index is 12.5. The first-order valence-corrected chi connectivity index (χ1v) is 8.67. The quantitative estimate of drug-likeness (QED) is 0.837. The molecule has 2 aliphatic rings. The summed E-state index contributed by atoms with van der Waals surface area (Å²) in [6, 6.07) is 5.70. The average Bonchev–Trinajstić information content (AvgIpc) is 3.15. The van der Waals surface area contributed by atoms with Gasteiger partial charge in [-0.2, -0.15) is 8.78 Å². The van der Waals surface area contributed by atoms with E-state index in [1.54, 1.807) is 4.90 Å². The highest BCUT2D eigenvalue weighted by Gasteiger charge is 2.31. The molecule has 25 heavy (non-hydrogen) atoms. The van der Waals surface area contributed by atoms with Crippen molar-refractivity contribution in [3.05, 3.63) is 29.8 Å². The van der Waals surface area contributed by atoms with Crippen LogP contribution in [-0.4, -0.2) is 54.4 Å². The number of piperidine rings is 1. The normalized spacial score (nSPS) is 18.7. The molecule has 2 aliphatic heterocycles. The zero-order valence-electron chi connectivity index (χ0n) is 14.0. The van der Waals surface area contributed by atoms with Gasteiger partial charge in [-0.1, -0.05) is 0 Å². The topological polar surface area (TPSA) is 49.9 Å². The van der Waals surface area contributed by atoms with Crippen LogP contribution in [0.1, 0.15) is 36.0 Å². The van der Waals surface area contributed by atoms with Crippen LogP contribution < -0.4 is 4.74 Å². The Kier molecular flexibility index (Phi) is 5.50. The van der Waals surface area contributed by atoms with Gasteiger partial charge in [0.2, 0.25) is 5.91 Å². The first kappa shape index (κ1) is 17.6. The highest BCUT2D eigenvalue weighted by Crippen LogP contribution is 2.24. The molecule has 5 nitrogen and oxygen atoms in total. The zero-order valence-corrected chi connectivity index (χ0v) is 14.0. The maximum atomic E-state index is 12.5. The third-order valence-electron chi connectivity index (χ3n) is 4.88. The molecule has 2 amide bonds. The minimum Gasteiger partial charge on any atom is -0.435 e. The second kappa shape index (κ2) is 7.80. The van der Waals surface area contributed by atoms with Gasteiger partial charge in [-0.3, -0.25) is 9.59 Å². The lowest BCUT2D eigenvalue weighted by molar-refractivity contribution is -0.135. The van der Waals surface area contributed by atoms with Crippen LogP contribution in [0, 0.1) is 5.92 Å². The molecule has 0 atom stereocenters. The molecular weight excluding hydrogens is 330 g/mol. The largest absolute Gasteiger partial charge is 0.435 e. The lowest BCUT2D eigenvalue weighted by Gasteiger charge is -2.33. The molecule has 0 spiro atoms. The van der Waals surface area contributed by atoms with Crippen LogP contribution in [0.25, 0.3) is 0 Å². The zero-order chi connectivity index (χ0) is 17.8. The fraction of sp³-hybridized carbons (Fsp3) is 0.556. The number of amides is 2. The van der Waals surface area contributed by atoms with E-state index in [9.17, 15) is 18.4 Å². The monoisotopic (exact) mass is 352 g/mol. The van der Waals surface area contributed by atoms with Gasteiger partial charge in [0, 0.05) is 37.7 Å². The van der Waals surface area contributed by atoms with E-state index in [4.69, 9.17) is 0 Å². The molecule has 0 bridgehead atoms. The van der Waals surface area contributed by atoms with E-state index in [1.165, 1.54) is 24.3 Å². The van der Waals surface area contributed by atoms with Gasteiger partial charge in [0.1, 0.15) is 5.75 Å². The van der Waals surface area contributed by atoms with Crippen molar-refractivity contribution in [3.63, 3.8) is 0 Å². The van der Waals surface area contributed by atoms with Crippen molar-refractivity contribution in [3.8, 4) is 5.75 Å². The first-order valence-electron chi connectivity index (χ1n) is 8.67. The number of ether oxygens (including phenoxy) is 1. The van der Waals surface area contributed by atoms with Gasteiger partial charge in [0.05, 0.1) is 0 Å². The van der Waals surface area contributed by atoms with Crippen molar-refractivity contribution in [2.24, 2.45) is 5.92 Å². The predicted octanol–water partition coefficient (Wildman–Crippen LogP) is 2.76. The van der Waals surface area contributed by atoms with Crippen molar-refractivity contribution >= 4 is 11.8 Å². The van der Waals surface area contributed by atoms with Crippen LogP contribution in [0.5, 0.6) is 5.75 Å². The Balaban J connectivity index is 1.53. The van der Waals surface area contributed by atoms with E-state index in [0.717, 1.165) is 25.9 Å². The molecule has 2 fully saturated rings. The van der Waals surface area contributed by atoms with E-state index >= 15 is 0 Å². The number of halogens is 2. The Morgan fingerprint density at radius 1 is 0.960 bits per heavy atom. The van der Waals surface area contributed by atoms with Crippen LogP contribution in [-0.2, 0) is 4.79 Å². The molecule has 0 unspecified atom stereocenters. The molecule has 2 heterocycles. The number of carbonyl (C=O) groups excluding carboxylic acids is 2. The molecule has 0 radical (unpaired) electrons. The maximum Gasteiger partial charge on any atom is 0.387 e. The molecule has 2 saturated heterocycles. The number of carbonyl (C=O) groups is 2. The summed E-state index contributed by atoms with van der Waals surface area (Å²) in [4.78, 5) is 28.6. The SMILES string of the molecule is O=C(c1ccc(OC(F)F)cc1)N1CCC(C(=O)N2CCCC2)CC1. The standard InChI is InChI=1S/C18H22F2N2O3/c19-18(20)25-15-5-3-13(4-6-15)16(23)22-11-7-14(8-12-22)17(24)21-9-1-2-10-21/h3-6,14,18H,1-2,7-12H2. The van der Waals surface area contributed by atoms with E-state index in [-0.39, 0.29) is 23.5 Å². The van der Waals surface area contributed by atoms with Crippen LogP contribution in [0.15, 0.2) is 24.3 Å². The van der Waals surface area contributed by atoms with Gasteiger partial charge in [-0.15, -0.1) is 0 Å². The van der Waals surface area contributed by atoms with Gasteiger partial charge in [0.15, 0.2) is 0 Å². The van der Waals surface area contributed by atoms with E-state index in [1.807, 2.05) is 4.90 Å². The van der Waals surface area contributed by atoms with Crippen LogP contribution in [0.3, 0.4) is 0 Å². The minimum atomic E-state index is -2.88. The number of rotatable bonds is 4. The second-order valence-corrected chi connectivity index (χ2v) is 6.50. The Morgan fingerprint density at radius 3 is 2.12 bits per heavy atom. The first-order chi connectivity index (χ1) is 12.0. The number of benzene rings is 1. The summed E-state index contributed by atoms with van der Waals surface area (Å²) >= 11 is 0. The third-order valence-corrected chi connectivity index (χ3v) is 4.88. The second-order valence-electron chi connectivity index (χ2n) is 6.50. The summed E-state index contributed by atoms with van der Waals surface area (Å²) < 4.78 is 28.6. The molecule has 0 saturated carbocycles. The lowest BCUT2D eigenvalue weighted by Crippen LogP contribution is -2.43.